The summed E-state index contributed by atoms with van der Waals surface area (Å²) in [5.74, 6) is 0.810. The van der Waals surface area contributed by atoms with E-state index in [0.717, 1.165) is 47.5 Å². The van der Waals surface area contributed by atoms with E-state index in [1.165, 1.54) is 11.1 Å². The number of benzene rings is 1. The van der Waals surface area contributed by atoms with Crippen LogP contribution in [0.15, 0.2) is 30.6 Å². The Hall–Kier alpha value is -2.69. The van der Waals surface area contributed by atoms with Gasteiger partial charge in [-0.05, 0) is 65.5 Å². The first-order valence-electron chi connectivity index (χ1n) is 12.0. The third-order valence-electron chi connectivity index (χ3n) is 6.82. The first-order chi connectivity index (χ1) is 15.3. The quantitative estimate of drug-likeness (QED) is 0.788. The topological polar surface area (TPSA) is 53.5 Å². The molecule has 1 fully saturated rings. The van der Waals surface area contributed by atoms with Gasteiger partial charge in [0.25, 0.3) is 0 Å². The highest BCUT2D eigenvalue weighted by atomic mass is 16.2. The highest BCUT2D eigenvalue weighted by molar-refractivity contribution is 5.96. The van der Waals surface area contributed by atoms with E-state index >= 15 is 0 Å². The van der Waals surface area contributed by atoms with Crippen molar-refractivity contribution in [1.82, 2.24) is 9.88 Å². The fourth-order valence-electron chi connectivity index (χ4n) is 5.23. The average Bonchev–Trinajstić information content (AvgIpc) is 3.18. The molecule has 0 saturated carbocycles. The zero-order valence-corrected chi connectivity index (χ0v) is 16.6. The van der Waals surface area contributed by atoms with E-state index < -0.39 is 6.98 Å². The smallest absolute Gasteiger partial charge is 0.227 e. The monoisotopic (exact) mass is 392 g/mol. The number of carbonyl (C=O) groups is 2. The van der Waals surface area contributed by atoms with Crippen molar-refractivity contribution in [3.8, 4) is 11.1 Å². The summed E-state index contributed by atoms with van der Waals surface area (Å²) in [7, 11) is 0. The average molecular weight is 393 g/mol. The summed E-state index contributed by atoms with van der Waals surface area (Å²) < 4.78 is 23.3. The molecule has 1 aromatic heterocycles. The molecule has 5 nitrogen and oxygen atoms in total. The molecule has 29 heavy (non-hydrogen) atoms. The third-order valence-corrected chi connectivity index (χ3v) is 6.82. The SMILES string of the molecule is [2H]C([2H])([2H])N1C(=O)CCc2cc(-c3cncc4c3C[C@@H]3CN(C(=O)CC)C[C@H]3C4)ccc21. The molecule has 0 N–H and O–H groups in total. The maximum Gasteiger partial charge on any atom is 0.227 e. The Morgan fingerprint density at radius 3 is 2.79 bits per heavy atom. The van der Waals surface area contributed by atoms with Crippen LogP contribution >= 0.6 is 0 Å². The van der Waals surface area contributed by atoms with Crippen molar-refractivity contribution in [3.63, 3.8) is 0 Å². The number of nitrogens with zero attached hydrogens (tertiary/aromatic N) is 3. The van der Waals surface area contributed by atoms with Gasteiger partial charge in [-0.15, -0.1) is 0 Å². The Morgan fingerprint density at radius 2 is 2.00 bits per heavy atom. The fourth-order valence-corrected chi connectivity index (χ4v) is 5.23. The lowest BCUT2D eigenvalue weighted by Gasteiger charge is -2.29. The molecule has 5 heteroatoms. The van der Waals surface area contributed by atoms with Crippen molar-refractivity contribution >= 4 is 17.5 Å². The largest absolute Gasteiger partial charge is 0.342 e. The van der Waals surface area contributed by atoms with Crippen molar-refractivity contribution in [2.45, 2.75) is 39.0 Å². The molecular formula is C24H27N3O2. The van der Waals surface area contributed by atoms with Crippen LogP contribution in [0.25, 0.3) is 11.1 Å². The molecule has 0 radical (unpaired) electrons. The van der Waals surface area contributed by atoms with Crippen LogP contribution in [0, 0.1) is 11.8 Å². The Morgan fingerprint density at radius 1 is 1.17 bits per heavy atom. The second kappa shape index (κ2) is 6.97. The van der Waals surface area contributed by atoms with Crippen LogP contribution in [0.1, 0.15) is 40.6 Å². The number of aryl methyl sites for hydroxylation is 1. The van der Waals surface area contributed by atoms with Gasteiger partial charge in [0.15, 0.2) is 0 Å². The van der Waals surface area contributed by atoms with Crippen LogP contribution in [-0.4, -0.2) is 41.8 Å². The summed E-state index contributed by atoms with van der Waals surface area (Å²) in [4.78, 5) is 32.0. The predicted molar refractivity (Wildman–Crippen MR) is 113 cm³/mol. The molecule has 0 unspecified atom stereocenters. The molecule has 0 spiro atoms. The van der Waals surface area contributed by atoms with Gasteiger partial charge in [0.1, 0.15) is 0 Å². The lowest BCUT2D eigenvalue weighted by atomic mass is 9.76. The first kappa shape index (κ1) is 15.2. The molecule has 0 bridgehead atoms. The summed E-state index contributed by atoms with van der Waals surface area (Å²) in [6.45, 7) is 1.08. The van der Waals surface area contributed by atoms with E-state index in [-0.39, 0.29) is 18.2 Å². The number of hydrogen-bond donors (Lipinski definition) is 0. The highest BCUT2D eigenvalue weighted by Gasteiger charge is 2.38. The summed E-state index contributed by atoms with van der Waals surface area (Å²) in [5, 5.41) is 0. The third kappa shape index (κ3) is 3.04. The second-order valence-electron chi connectivity index (χ2n) is 8.48. The molecular weight excluding hydrogens is 362 g/mol. The summed E-state index contributed by atoms with van der Waals surface area (Å²) in [5.41, 5.74) is 5.96. The van der Waals surface area contributed by atoms with E-state index in [9.17, 15) is 9.59 Å². The molecule has 2 aliphatic heterocycles. The van der Waals surface area contributed by atoms with Gasteiger partial charge in [0.2, 0.25) is 11.8 Å². The summed E-state index contributed by atoms with van der Waals surface area (Å²) >= 11 is 0. The number of fused-ring (bicyclic) bond motifs is 3. The molecule has 3 heterocycles. The van der Waals surface area contributed by atoms with Crippen LogP contribution in [0.2, 0.25) is 0 Å². The lowest BCUT2D eigenvalue weighted by Crippen LogP contribution is -2.31. The number of anilines is 1. The molecule has 3 aliphatic rings. The lowest BCUT2D eigenvalue weighted by molar-refractivity contribution is -0.130. The number of likely N-dealkylation sites (tertiary alicyclic amines) is 1. The van der Waals surface area contributed by atoms with Crippen molar-refractivity contribution in [1.29, 1.82) is 0 Å². The molecule has 1 saturated heterocycles. The second-order valence-corrected chi connectivity index (χ2v) is 8.48. The van der Waals surface area contributed by atoms with Gasteiger partial charge in [0.05, 0.1) is 0 Å². The van der Waals surface area contributed by atoms with Crippen molar-refractivity contribution < 1.29 is 13.7 Å². The maximum absolute atomic E-state index is 12.3. The minimum absolute atomic E-state index is 0.199. The van der Waals surface area contributed by atoms with Crippen molar-refractivity contribution in [3.05, 3.63) is 47.3 Å². The maximum atomic E-state index is 12.3. The normalized spacial score (nSPS) is 24.9. The van der Waals surface area contributed by atoms with Gasteiger partial charge in [0, 0.05) is 60.7 Å². The number of carbonyl (C=O) groups excluding carboxylic acids is 2. The standard InChI is InChI=1S/C24H27N3O2/c1-3-23(28)27-13-18-9-17-11-25-12-21(20(17)10-19(18)14-27)15-4-6-22-16(8-15)5-7-24(29)26(22)2/h4,6,8,11-12,18-19H,3,5,7,9-10,13-14H2,1-2H3/t18-,19-/m1/s1/i2D3. The van der Waals surface area contributed by atoms with E-state index in [2.05, 4.69) is 4.98 Å². The van der Waals surface area contributed by atoms with E-state index in [4.69, 9.17) is 4.11 Å². The number of amides is 2. The number of hydrogen-bond acceptors (Lipinski definition) is 3. The van der Waals surface area contributed by atoms with E-state index in [0.29, 0.717) is 30.4 Å². The van der Waals surface area contributed by atoms with Crippen LogP contribution in [0.4, 0.5) is 5.69 Å². The van der Waals surface area contributed by atoms with Gasteiger partial charge in [-0.25, -0.2) is 0 Å². The first-order valence-corrected chi connectivity index (χ1v) is 10.5. The van der Waals surface area contributed by atoms with Gasteiger partial charge in [-0.2, -0.15) is 0 Å². The van der Waals surface area contributed by atoms with Crippen LogP contribution in [0.3, 0.4) is 0 Å². The Bertz CT molecular complexity index is 1100. The minimum Gasteiger partial charge on any atom is -0.342 e. The van der Waals surface area contributed by atoms with Crippen LogP contribution in [-0.2, 0) is 28.9 Å². The molecule has 2 atom stereocenters. The predicted octanol–water partition coefficient (Wildman–Crippen LogP) is 3.24. The van der Waals surface area contributed by atoms with Gasteiger partial charge >= 0.3 is 0 Å². The molecule has 2 amide bonds. The van der Waals surface area contributed by atoms with E-state index in [1.54, 1.807) is 6.07 Å². The Labute approximate surface area is 175 Å². The number of pyridine rings is 1. The summed E-state index contributed by atoms with van der Waals surface area (Å²) in [6, 6.07) is 5.68. The number of aromatic nitrogens is 1. The zero-order valence-electron chi connectivity index (χ0n) is 19.6. The van der Waals surface area contributed by atoms with Gasteiger partial charge in [-0.1, -0.05) is 13.0 Å². The number of rotatable bonds is 2. The van der Waals surface area contributed by atoms with Gasteiger partial charge < -0.3 is 9.80 Å². The Balaban J connectivity index is 1.48. The molecule has 5 rings (SSSR count). The summed E-state index contributed by atoms with van der Waals surface area (Å²) in [6.07, 6.45) is 6.97. The highest BCUT2D eigenvalue weighted by Crippen LogP contribution is 2.40. The zero-order chi connectivity index (χ0) is 22.6. The fraction of sp³-hybridized carbons (Fsp3) is 0.458. The Kier molecular flexibility index (Phi) is 3.65. The molecule has 1 aromatic carbocycles. The molecule has 2 aromatic rings. The minimum atomic E-state index is -2.49. The van der Waals surface area contributed by atoms with Crippen LogP contribution in [0.5, 0.6) is 0 Å². The van der Waals surface area contributed by atoms with Crippen LogP contribution < -0.4 is 4.90 Å². The molecule has 1 aliphatic carbocycles. The van der Waals surface area contributed by atoms with Crippen molar-refractivity contribution in [2.75, 3.05) is 25.0 Å². The molecule has 150 valence electrons. The van der Waals surface area contributed by atoms with E-state index in [1.807, 2.05) is 36.4 Å². The van der Waals surface area contributed by atoms with Gasteiger partial charge in [-0.3, -0.25) is 14.6 Å². The van der Waals surface area contributed by atoms with Crippen molar-refractivity contribution in [2.24, 2.45) is 11.8 Å².